The van der Waals surface area contributed by atoms with Gasteiger partial charge in [-0.15, -0.1) is 24.8 Å². The van der Waals surface area contributed by atoms with Crippen LogP contribution in [-0.4, -0.2) is 90.2 Å². The smallest absolute Gasteiger partial charge is 0.245 e. The second kappa shape index (κ2) is 19.1. The molecular weight excluding hydrogens is 790 g/mol. The topological polar surface area (TPSA) is 107 Å². The van der Waals surface area contributed by atoms with Crippen LogP contribution in [0.15, 0.2) is 52.4 Å². The summed E-state index contributed by atoms with van der Waals surface area (Å²) in [6.07, 6.45) is 13.2. The predicted molar refractivity (Wildman–Crippen MR) is 221 cm³/mol. The number of aromatic nitrogens is 1. The van der Waals surface area contributed by atoms with E-state index in [9.17, 15) is 13.2 Å². The third-order valence-corrected chi connectivity index (χ3v) is 14.0. The molecule has 4 aliphatic rings. The Morgan fingerprint density at radius 1 is 0.852 bits per heavy atom. The number of hydrogen-bond donors (Lipinski definition) is 1. The Labute approximate surface area is 342 Å². The number of rotatable bonds is 8. The van der Waals surface area contributed by atoms with Crippen molar-refractivity contribution >= 4 is 80.8 Å². The number of aliphatic imine (C=N–C) groups is 1. The lowest BCUT2D eigenvalue weighted by atomic mass is 9.95. The number of amides is 1. The summed E-state index contributed by atoms with van der Waals surface area (Å²) in [6, 6.07) is 12.5. The summed E-state index contributed by atoms with van der Waals surface area (Å²) in [6.45, 7) is 4.46. The minimum atomic E-state index is -4.13. The fraction of sp³-hybridized carbons (Fsp3) is 0.564. The number of sulfonamides is 1. The highest BCUT2D eigenvalue weighted by molar-refractivity contribution is 7.89. The normalized spacial score (nSPS) is 20.7. The van der Waals surface area contributed by atoms with E-state index in [2.05, 4.69) is 15.2 Å². The van der Waals surface area contributed by atoms with Gasteiger partial charge in [-0.05, 0) is 69.7 Å². The number of halogens is 4. The highest BCUT2D eigenvalue weighted by atomic mass is 35.5. The average Bonchev–Trinajstić information content (AvgIpc) is 3.67. The second-order valence-electron chi connectivity index (χ2n) is 14.7. The fourth-order valence-corrected chi connectivity index (χ4v) is 10.7. The maximum Gasteiger partial charge on any atom is 0.245 e. The molecule has 3 heterocycles. The van der Waals surface area contributed by atoms with Gasteiger partial charge in [0.15, 0.2) is 5.96 Å². The number of piperazine rings is 1. The summed E-state index contributed by atoms with van der Waals surface area (Å²) in [5.74, 6) is 1.38. The van der Waals surface area contributed by atoms with E-state index in [1.807, 2.05) is 42.2 Å². The van der Waals surface area contributed by atoms with Crippen LogP contribution in [0, 0.1) is 6.92 Å². The van der Waals surface area contributed by atoms with E-state index >= 15 is 0 Å². The van der Waals surface area contributed by atoms with Gasteiger partial charge in [0, 0.05) is 60.4 Å². The van der Waals surface area contributed by atoms with Crippen molar-refractivity contribution in [2.45, 2.75) is 114 Å². The van der Waals surface area contributed by atoms with Gasteiger partial charge in [0.2, 0.25) is 15.9 Å². The molecule has 1 aromatic heterocycles. The number of aryl methyl sites for hydroxylation is 1. The largest absolute Gasteiger partial charge is 0.487 e. The molecule has 1 N–H and O–H groups in total. The predicted octanol–water partition coefficient (Wildman–Crippen LogP) is 8.18. The van der Waals surface area contributed by atoms with Gasteiger partial charge < -0.3 is 19.9 Å². The van der Waals surface area contributed by atoms with E-state index in [4.69, 9.17) is 32.9 Å². The zero-order valence-electron chi connectivity index (χ0n) is 30.9. The summed E-state index contributed by atoms with van der Waals surface area (Å²) in [5.41, 5.74) is 1.91. The Kier molecular flexibility index (Phi) is 15.0. The summed E-state index contributed by atoms with van der Waals surface area (Å²) in [4.78, 5) is 28.0. The van der Waals surface area contributed by atoms with Crippen LogP contribution >= 0.6 is 48.0 Å². The summed E-state index contributed by atoms with van der Waals surface area (Å²) >= 11 is 13.4. The van der Waals surface area contributed by atoms with Gasteiger partial charge in [0.25, 0.3) is 0 Å². The molecule has 0 unspecified atom stereocenters. The molecule has 1 amide bonds. The molecule has 1 atom stereocenters. The molecular formula is C39H52Cl4N6O4S. The third kappa shape index (κ3) is 9.52. The number of fused-ring (bicyclic) bond motifs is 1. The van der Waals surface area contributed by atoms with Crippen molar-refractivity contribution in [3.8, 4) is 5.75 Å². The van der Waals surface area contributed by atoms with Crippen molar-refractivity contribution in [2.24, 2.45) is 4.99 Å². The van der Waals surface area contributed by atoms with Gasteiger partial charge in [-0.25, -0.2) is 18.4 Å². The molecule has 0 radical (unpaired) electrons. The van der Waals surface area contributed by atoms with Crippen molar-refractivity contribution in [1.82, 2.24) is 24.4 Å². The number of nitrogens with zero attached hydrogens (tertiary/aromatic N) is 5. The molecule has 54 heavy (non-hydrogen) atoms. The lowest BCUT2D eigenvalue weighted by molar-refractivity contribution is -0.135. The summed E-state index contributed by atoms with van der Waals surface area (Å²) in [7, 11) is -4.13. The third-order valence-electron chi connectivity index (χ3n) is 11.1. The number of para-hydroxylation sites is 1. The van der Waals surface area contributed by atoms with E-state index in [1.165, 1.54) is 67.8 Å². The number of pyridine rings is 1. The van der Waals surface area contributed by atoms with E-state index in [0.29, 0.717) is 73.0 Å². The highest BCUT2D eigenvalue weighted by Crippen LogP contribution is 2.37. The zero-order chi connectivity index (χ0) is 36.2. The zero-order valence-corrected chi connectivity index (χ0v) is 34.8. The van der Waals surface area contributed by atoms with Gasteiger partial charge in [0.1, 0.15) is 28.8 Å². The van der Waals surface area contributed by atoms with E-state index in [1.54, 1.807) is 0 Å². The van der Waals surface area contributed by atoms with E-state index < -0.39 is 16.1 Å². The first-order chi connectivity index (χ1) is 25.2. The molecule has 7 rings (SSSR count). The van der Waals surface area contributed by atoms with Crippen molar-refractivity contribution < 1.29 is 17.9 Å². The molecule has 10 nitrogen and oxygen atoms in total. The van der Waals surface area contributed by atoms with Crippen LogP contribution in [0.4, 0.5) is 0 Å². The van der Waals surface area contributed by atoms with Crippen molar-refractivity contribution in [3.05, 3.63) is 63.8 Å². The molecule has 2 saturated heterocycles. The van der Waals surface area contributed by atoms with Crippen LogP contribution in [0.3, 0.4) is 0 Å². The minimum absolute atomic E-state index is 0. The van der Waals surface area contributed by atoms with Crippen LogP contribution in [0.5, 0.6) is 5.75 Å². The molecule has 2 aliphatic heterocycles. The average molecular weight is 843 g/mol. The number of ether oxygens (including phenoxy) is 1. The molecule has 0 spiro atoms. The Bertz CT molecular complexity index is 1900. The maximum atomic E-state index is 14.3. The van der Waals surface area contributed by atoms with Crippen LogP contribution < -0.4 is 10.1 Å². The summed E-state index contributed by atoms with van der Waals surface area (Å²) < 4.78 is 36.0. The Hall–Kier alpha value is -2.54. The van der Waals surface area contributed by atoms with Crippen LogP contribution in [0.1, 0.15) is 88.3 Å². The Balaban J connectivity index is 0.00000280. The molecule has 2 aliphatic carbocycles. The monoisotopic (exact) mass is 840 g/mol. The van der Waals surface area contributed by atoms with Gasteiger partial charge in [-0.2, -0.15) is 4.31 Å². The van der Waals surface area contributed by atoms with Crippen molar-refractivity contribution in [1.29, 1.82) is 0 Å². The van der Waals surface area contributed by atoms with Crippen LogP contribution in [0.2, 0.25) is 10.0 Å². The fourth-order valence-electron chi connectivity index (χ4n) is 8.16. The molecule has 2 saturated carbocycles. The van der Waals surface area contributed by atoms with E-state index in [0.717, 1.165) is 29.9 Å². The van der Waals surface area contributed by atoms with Crippen LogP contribution in [0.25, 0.3) is 10.9 Å². The minimum Gasteiger partial charge on any atom is -0.487 e. The van der Waals surface area contributed by atoms with Gasteiger partial charge in [0.05, 0.1) is 11.1 Å². The second-order valence-corrected chi connectivity index (χ2v) is 17.4. The lowest BCUT2D eigenvalue weighted by Crippen LogP contribution is -2.58. The van der Waals surface area contributed by atoms with Gasteiger partial charge in [-0.3, -0.25) is 4.79 Å². The molecule has 3 aromatic rings. The molecule has 296 valence electrons. The number of benzene rings is 2. The number of carbonyl (C=O) groups excluding carboxylic acids is 1. The first-order valence-electron chi connectivity index (χ1n) is 19.0. The van der Waals surface area contributed by atoms with Crippen molar-refractivity contribution in [3.63, 3.8) is 0 Å². The first-order valence-corrected chi connectivity index (χ1v) is 21.2. The Morgan fingerprint density at radius 2 is 1.54 bits per heavy atom. The number of nitrogens with one attached hydrogen (secondary N) is 1. The maximum absolute atomic E-state index is 14.3. The van der Waals surface area contributed by atoms with E-state index in [-0.39, 0.29) is 53.8 Å². The van der Waals surface area contributed by atoms with Gasteiger partial charge >= 0.3 is 0 Å². The molecule has 4 fully saturated rings. The molecule has 15 heteroatoms. The summed E-state index contributed by atoms with van der Waals surface area (Å²) in [5, 5.41) is 5.03. The first kappa shape index (κ1) is 42.6. The molecule has 0 bridgehead atoms. The number of guanidine groups is 1. The number of hydrogen-bond acceptors (Lipinski definition) is 6. The standard InChI is InChI=1S/C39H50Cl2N6O4S.2ClH/c1-27-17-18-28-10-8-16-34(37(28)42-27)51-26-31-32(40)19-20-35(36(31)41)52(49,50)47-21-9-15-33(47)38(48)45-22-24-46(25-23-45)39(43-29-11-4-2-5-12-29)44-30-13-6-3-7-14-30;;/h8,10,16-20,29-30,33H,2-7,9,11-15,21-26H2,1H3,(H,43,44);2*1H/t33-;;/m0../s1. The Morgan fingerprint density at radius 3 is 2.26 bits per heavy atom. The SMILES string of the molecule is Cc1ccc2cccc(OCc3c(Cl)ccc(S(=O)(=O)N4CCC[C@H]4C(=O)N4CCN(C(=NC5CCCCC5)NC5CCCCC5)CC4)c3Cl)c2n1.Cl.Cl. The van der Waals surface area contributed by atoms with Gasteiger partial charge in [-0.1, -0.05) is 79.9 Å². The highest BCUT2D eigenvalue weighted by Gasteiger charge is 2.43. The molecule has 2 aromatic carbocycles. The number of carbonyl (C=O) groups is 1. The quantitative estimate of drug-likeness (QED) is 0.180. The lowest BCUT2D eigenvalue weighted by Gasteiger charge is -2.40. The van der Waals surface area contributed by atoms with Crippen molar-refractivity contribution in [2.75, 3.05) is 32.7 Å². The van der Waals surface area contributed by atoms with Crippen LogP contribution in [-0.2, 0) is 21.4 Å².